The zero-order valence-corrected chi connectivity index (χ0v) is 13.6. The van der Waals surface area contributed by atoms with Crippen molar-refractivity contribution in [2.24, 2.45) is 5.92 Å². The molecule has 0 aromatic heterocycles. The summed E-state index contributed by atoms with van der Waals surface area (Å²) in [5.74, 6) is 1.44. The molecule has 0 aliphatic heterocycles. The number of hydrogen-bond donors (Lipinski definition) is 1. The fraction of sp³-hybridized carbons (Fsp3) is 0.611. The number of benzene rings is 1. The van der Waals surface area contributed by atoms with E-state index in [1.165, 1.54) is 19.3 Å². The van der Waals surface area contributed by atoms with Crippen LogP contribution < -0.4 is 10.1 Å². The molecule has 1 fully saturated rings. The highest BCUT2D eigenvalue weighted by Gasteiger charge is 2.21. The molecule has 1 aliphatic carbocycles. The van der Waals surface area contributed by atoms with Gasteiger partial charge in [0.2, 0.25) is 5.91 Å². The Morgan fingerprint density at radius 2 is 2.14 bits per heavy atom. The van der Waals surface area contributed by atoms with Crippen LogP contribution in [0.4, 0.5) is 0 Å². The fourth-order valence-electron chi connectivity index (χ4n) is 2.96. The summed E-state index contributed by atoms with van der Waals surface area (Å²) in [6.07, 6.45) is 5.72. The maximum Gasteiger partial charge on any atom is 0.224 e. The van der Waals surface area contributed by atoms with Gasteiger partial charge < -0.3 is 14.8 Å². The van der Waals surface area contributed by atoms with Gasteiger partial charge in [-0.25, -0.2) is 0 Å². The van der Waals surface area contributed by atoms with Crippen molar-refractivity contribution in [2.75, 3.05) is 20.3 Å². The predicted octanol–water partition coefficient (Wildman–Crippen LogP) is 2.95. The fourth-order valence-corrected chi connectivity index (χ4v) is 2.96. The van der Waals surface area contributed by atoms with Crippen molar-refractivity contribution in [1.82, 2.24) is 5.32 Å². The number of methoxy groups -OCH3 is 1. The van der Waals surface area contributed by atoms with Crippen molar-refractivity contribution in [3.05, 3.63) is 29.8 Å². The van der Waals surface area contributed by atoms with E-state index >= 15 is 0 Å². The molecule has 0 bridgehead atoms. The minimum atomic E-state index is 0.0218. The van der Waals surface area contributed by atoms with E-state index in [9.17, 15) is 4.79 Å². The average molecular weight is 305 g/mol. The Kier molecular flexibility index (Phi) is 6.72. The maximum atomic E-state index is 11.9. The van der Waals surface area contributed by atoms with E-state index in [4.69, 9.17) is 9.47 Å². The van der Waals surface area contributed by atoms with Gasteiger partial charge in [-0.05, 0) is 36.5 Å². The molecule has 0 spiro atoms. The van der Waals surface area contributed by atoms with Crippen LogP contribution in [0.25, 0.3) is 0 Å². The minimum Gasteiger partial charge on any atom is -0.497 e. The molecule has 2 atom stereocenters. The number of amides is 1. The second kappa shape index (κ2) is 8.79. The summed E-state index contributed by atoms with van der Waals surface area (Å²) in [6, 6.07) is 7.59. The highest BCUT2D eigenvalue weighted by atomic mass is 16.5. The summed E-state index contributed by atoms with van der Waals surface area (Å²) in [5, 5.41) is 2.92. The van der Waals surface area contributed by atoms with Crippen LogP contribution >= 0.6 is 0 Å². The Hall–Kier alpha value is -1.55. The highest BCUT2D eigenvalue weighted by molar-refractivity contribution is 5.78. The van der Waals surface area contributed by atoms with Gasteiger partial charge in [0.25, 0.3) is 0 Å². The van der Waals surface area contributed by atoms with Crippen molar-refractivity contribution in [3.63, 3.8) is 0 Å². The summed E-state index contributed by atoms with van der Waals surface area (Å²) in [4.78, 5) is 11.9. The Morgan fingerprint density at radius 3 is 2.91 bits per heavy atom. The van der Waals surface area contributed by atoms with Crippen molar-refractivity contribution in [2.45, 2.75) is 45.1 Å². The SMILES string of the molecule is COc1cccc(CC(=O)NCCO[C@H]2CCCC[C@@H]2C)c1. The van der Waals surface area contributed by atoms with Crippen LogP contribution in [0.15, 0.2) is 24.3 Å². The van der Waals surface area contributed by atoms with Gasteiger partial charge in [-0.3, -0.25) is 4.79 Å². The van der Waals surface area contributed by atoms with Crippen molar-refractivity contribution >= 4 is 5.91 Å². The summed E-state index contributed by atoms with van der Waals surface area (Å²) >= 11 is 0. The van der Waals surface area contributed by atoms with Crippen molar-refractivity contribution in [3.8, 4) is 5.75 Å². The molecule has 1 aromatic carbocycles. The monoisotopic (exact) mass is 305 g/mol. The smallest absolute Gasteiger partial charge is 0.224 e. The predicted molar refractivity (Wildman–Crippen MR) is 87.1 cm³/mol. The topological polar surface area (TPSA) is 47.6 Å². The molecule has 4 nitrogen and oxygen atoms in total. The second-order valence-corrected chi connectivity index (χ2v) is 6.05. The molecule has 1 amide bonds. The number of hydrogen-bond acceptors (Lipinski definition) is 3. The first-order chi connectivity index (χ1) is 10.7. The van der Waals surface area contributed by atoms with E-state index in [1.54, 1.807) is 7.11 Å². The highest BCUT2D eigenvalue weighted by Crippen LogP contribution is 2.25. The lowest BCUT2D eigenvalue weighted by Gasteiger charge is -2.28. The largest absolute Gasteiger partial charge is 0.497 e. The molecule has 1 aliphatic rings. The van der Waals surface area contributed by atoms with Gasteiger partial charge in [0, 0.05) is 6.54 Å². The minimum absolute atomic E-state index is 0.0218. The number of carbonyl (C=O) groups is 1. The first-order valence-electron chi connectivity index (χ1n) is 8.20. The van der Waals surface area contributed by atoms with Crippen molar-refractivity contribution in [1.29, 1.82) is 0 Å². The van der Waals surface area contributed by atoms with E-state index < -0.39 is 0 Å². The van der Waals surface area contributed by atoms with Crippen LogP contribution in [0.3, 0.4) is 0 Å². The third kappa shape index (κ3) is 5.34. The van der Waals surface area contributed by atoms with Crippen LogP contribution in [0.2, 0.25) is 0 Å². The summed E-state index contributed by atoms with van der Waals surface area (Å²) in [7, 11) is 1.63. The molecule has 0 heterocycles. The molecule has 0 saturated heterocycles. The Morgan fingerprint density at radius 1 is 1.32 bits per heavy atom. The van der Waals surface area contributed by atoms with Crippen LogP contribution in [-0.4, -0.2) is 32.3 Å². The van der Waals surface area contributed by atoms with Crippen LogP contribution in [0.1, 0.15) is 38.2 Å². The second-order valence-electron chi connectivity index (χ2n) is 6.05. The molecule has 1 saturated carbocycles. The summed E-state index contributed by atoms with van der Waals surface area (Å²) < 4.78 is 11.1. The summed E-state index contributed by atoms with van der Waals surface area (Å²) in [6.45, 7) is 3.43. The number of rotatable bonds is 7. The van der Waals surface area contributed by atoms with E-state index in [-0.39, 0.29) is 5.91 Å². The first-order valence-corrected chi connectivity index (χ1v) is 8.20. The first kappa shape index (κ1) is 16.8. The molecule has 2 rings (SSSR count). The van der Waals surface area contributed by atoms with Gasteiger partial charge in [0.15, 0.2) is 0 Å². The number of ether oxygens (including phenoxy) is 2. The van der Waals surface area contributed by atoms with Crippen molar-refractivity contribution < 1.29 is 14.3 Å². The zero-order valence-electron chi connectivity index (χ0n) is 13.6. The standard InChI is InChI=1S/C18H27NO3/c1-14-6-3-4-9-17(14)22-11-10-19-18(20)13-15-7-5-8-16(12-15)21-2/h5,7-8,12,14,17H,3-4,6,9-11,13H2,1-2H3,(H,19,20)/t14-,17-/m0/s1. The van der Waals surface area contributed by atoms with Gasteiger partial charge in [-0.2, -0.15) is 0 Å². The molecule has 0 unspecified atom stereocenters. The third-order valence-corrected chi connectivity index (χ3v) is 4.29. The lowest BCUT2D eigenvalue weighted by molar-refractivity contribution is -0.120. The van der Waals surface area contributed by atoms with Crippen LogP contribution in [0, 0.1) is 5.92 Å². The van der Waals surface area contributed by atoms with Gasteiger partial charge in [0.05, 0.1) is 26.2 Å². The third-order valence-electron chi connectivity index (χ3n) is 4.29. The molecule has 1 N–H and O–H groups in total. The van der Waals surface area contributed by atoms with Crippen LogP contribution in [-0.2, 0) is 16.0 Å². The Bertz CT molecular complexity index is 475. The van der Waals surface area contributed by atoms with E-state index in [1.807, 2.05) is 24.3 Å². The molecular weight excluding hydrogens is 278 g/mol. The number of carbonyl (C=O) groups excluding carboxylic acids is 1. The Balaban J connectivity index is 1.65. The van der Waals surface area contributed by atoms with Gasteiger partial charge >= 0.3 is 0 Å². The normalized spacial score (nSPS) is 21.4. The molecule has 122 valence electrons. The molecule has 22 heavy (non-hydrogen) atoms. The van der Waals surface area contributed by atoms with Gasteiger partial charge in [-0.1, -0.05) is 31.9 Å². The van der Waals surface area contributed by atoms with E-state index in [0.717, 1.165) is 17.7 Å². The van der Waals surface area contributed by atoms with E-state index in [2.05, 4.69) is 12.2 Å². The van der Waals surface area contributed by atoms with Gasteiger partial charge in [-0.15, -0.1) is 0 Å². The molecule has 0 radical (unpaired) electrons. The average Bonchev–Trinajstić information content (AvgIpc) is 2.53. The molecular formula is C18H27NO3. The zero-order chi connectivity index (χ0) is 15.8. The lowest BCUT2D eigenvalue weighted by Crippen LogP contribution is -2.32. The van der Waals surface area contributed by atoms with Gasteiger partial charge in [0.1, 0.15) is 5.75 Å². The molecule has 4 heteroatoms. The van der Waals surface area contributed by atoms with Crippen LogP contribution in [0.5, 0.6) is 5.75 Å². The Labute approximate surface area is 133 Å². The quantitative estimate of drug-likeness (QED) is 0.788. The maximum absolute atomic E-state index is 11.9. The number of nitrogens with one attached hydrogen (secondary N) is 1. The lowest BCUT2D eigenvalue weighted by atomic mass is 9.88. The summed E-state index contributed by atoms with van der Waals surface area (Å²) in [5.41, 5.74) is 0.957. The molecule has 1 aromatic rings. The van der Waals surface area contributed by atoms with E-state index in [0.29, 0.717) is 31.6 Å².